The Kier molecular flexibility index (Phi) is 7.14. The van der Waals surface area contributed by atoms with Crippen molar-refractivity contribution in [3.05, 3.63) is 60.6 Å². The van der Waals surface area contributed by atoms with Crippen molar-refractivity contribution < 1.29 is 23.5 Å². The monoisotopic (exact) mass is 438 g/mol. The van der Waals surface area contributed by atoms with Gasteiger partial charge in [0.2, 0.25) is 18.6 Å². The zero-order valence-electron chi connectivity index (χ0n) is 18.3. The van der Waals surface area contributed by atoms with Gasteiger partial charge in [0.25, 0.3) is 0 Å². The summed E-state index contributed by atoms with van der Waals surface area (Å²) in [5.74, 6) is 1.99. The number of fused-ring (bicyclic) bond motifs is 1. The van der Waals surface area contributed by atoms with E-state index in [-0.39, 0.29) is 31.1 Å². The summed E-state index contributed by atoms with van der Waals surface area (Å²) >= 11 is 0. The van der Waals surface area contributed by atoms with Gasteiger partial charge in [-0.3, -0.25) is 9.59 Å². The molecule has 1 aromatic heterocycles. The van der Waals surface area contributed by atoms with Crippen LogP contribution in [0.5, 0.6) is 11.5 Å². The Morgan fingerprint density at radius 3 is 2.59 bits per heavy atom. The van der Waals surface area contributed by atoms with E-state index in [1.54, 1.807) is 28.2 Å². The number of rotatable bonds is 9. The summed E-state index contributed by atoms with van der Waals surface area (Å²) in [6, 6.07) is 9.30. The Morgan fingerprint density at radius 1 is 1.03 bits per heavy atom. The highest BCUT2D eigenvalue weighted by Crippen LogP contribution is 2.33. The van der Waals surface area contributed by atoms with E-state index >= 15 is 0 Å². The van der Waals surface area contributed by atoms with Crippen LogP contribution in [-0.4, -0.2) is 41.5 Å². The van der Waals surface area contributed by atoms with Crippen molar-refractivity contribution >= 4 is 11.8 Å². The van der Waals surface area contributed by atoms with Crippen molar-refractivity contribution in [2.24, 2.45) is 5.92 Å². The molecule has 7 heteroatoms. The Balaban J connectivity index is 1.49. The van der Waals surface area contributed by atoms with Gasteiger partial charge in [-0.05, 0) is 42.7 Å². The molecule has 7 nitrogen and oxygen atoms in total. The number of ether oxygens (including phenoxy) is 2. The maximum atomic E-state index is 13.4. The third-order valence-electron chi connectivity index (χ3n) is 6.03. The molecule has 0 spiro atoms. The van der Waals surface area contributed by atoms with Crippen LogP contribution in [0.2, 0.25) is 0 Å². The average molecular weight is 439 g/mol. The van der Waals surface area contributed by atoms with Gasteiger partial charge < -0.3 is 23.7 Å². The summed E-state index contributed by atoms with van der Waals surface area (Å²) in [6.45, 7) is 5.06. The van der Waals surface area contributed by atoms with E-state index < -0.39 is 0 Å². The SMILES string of the molecule is C=CCN(CC(=O)N(Cc1ccc2c(c1)OCO2)Cc1ccco1)C(=O)C1CCCCC1. The summed E-state index contributed by atoms with van der Waals surface area (Å²) < 4.78 is 16.3. The van der Waals surface area contributed by atoms with Crippen molar-refractivity contribution in [2.45, 2.75) is 45.2 Å². The molecule has 1 aliphatic carbocycles. The molecule has 4 rings (SSSR count). The van der Waals surface area contributed by atoms with Gasteiger partial charge in [0.15, 0.2) is 11.5 Å². The van der Waals surface area contributed by atoms with Crippen molar-refractivity contribution in [2.75, 3.05) is 19.9 Å². The average Bonchev–Trinajstić information content (AvgIpc) is 3.50. The van der Waals surface area contributed by atoms with Crippen molar-refractivity contribution in [1.29, 1.82) is 0 Å². The van der Waals surface area contributed by atoms with Crippen LogP contribution in [0.1, 0.15) is 43.4 Å². The zero-order chi connectivity index (χ0) is 22.3. The normalized spacial score (nSPS) is 15.4. The van der Waals surface area contributed by atoms with E-state index in [1.165, 1.54) is 6.42 Å². The van der Waals surface area contributed by atoms with E-state index in [0.717, 1.165) is 31.2 Å². The smallest absolute Gasteiger partial charge is 0.242 e. The summed E-state index contributed by atoms with van der Waals surface area (Å²) in [6.07, 6.45) is 8.39. The van der Waals surface area contributed by atoms with Crippen molar-refractivity contribution in [3.63, 3.8) is 0 Å². The van der Waals surface area contributed by atoms with Crippen LogP contribution in [0.25, 0.3) is 0 Å². The minimum Gasteiger partial charge on any atom is -0.467 e. The maximum absolute atomic E-state index is 13.4. The van der Waals surface area contributed by atoms with Gasteiger partial charge in [-0.1, -0.05) is 31.4 Å². The molecule has 1 aliphatic heterocycles. The van der Waals surface area contributed by atoms with Crippen LogP contribution in [0, 0.1) is 5.92 Å². The molecule has 170 valence electrons. The lowest BCUT2D eigenvalue weighted by molar-refractivity contribution is -0.143. The quantitative estimate of drug-likeness (QED) is 0.551. The fraction of sp³-hybridized carbons (Fsp3) is 0.440. The molecule has 2 amide bonds. The molecule has 1 fully saturated rings. The Bertz CT molecular complexity index is 934. The molecule has 0 atom stereocenters. The standard InChI is InChI=1S/C25H30N2O5/c1-2-12-26(25(29)20-7-4-3-5-8-20)17-24(28)27(16-21-9-6-13-30-21)15-19-10-11-22-23(14-19)32-18-31-22/h2,6,9-11,13-14,20H,1,3-5,7-8,12,15-18H2. The molecule has 0 N–H and O–H groups in total. The van der Waals surface area contributed by atoms with Gasteiger partial charge >= 0.3 is 0 Å². The number of hydrogen-bond donors (Lipinski definition) is 0. The molecule has 0 saturated heterocycles. The first kappa shape index (κ1) is 22.0. The van der Waals surface area contributed by atoms with Gasteiger partial charge in [0.05, 0.1) is 12.8 Å². The van der Waals surface area contributed by atoms with Gasteiger partial charge in [-0.2, -0.15) is 0 Å². The molecule has 1 saturated carbocycles. The summed E-state index contributed by atoms with van der Waals surface area (Å²) in [5, 5.41) is 0. The topological polar surface area (TPSA) is 72.2 Å². The van der Waals surface area contributed by atoms with Crippen LogP contribution in [0.15, 0.2) is 53.7 Å². The lowest BCUT2D eigenvalue weighted by atomic mass is 9.88. The lowest BCUT2D eigenvalue weighted by Gasteiger charge is -2.30. The maximum Gasteiger partial charge on any atom is 0.242 e. The number of nitrogens with zero attached hydrogens (tertiary/aromatic N) is 2. The van der Waals surface area contributed by atoms with E-state index in [9.17, 15) is 9.59 Å². The molecule has 32 heavy (non-hydrogen) atoms. The number of furan rings is 1. The van der Waals surface area contributed by atoms with Crippen LogP contribution in [0.3, 0.4) is 0 Å². The third-order valence-corrected chi connectivity index (χ3v) is 6.03. The molecule has 0 unspecified atom stereocenters. The minimum absolute atomic E-state index is 0.00360. The van der Waals surface area contributed by atoms with Crippen molar-refractivity contribution in [3.8, 4) is 11.5 Å². The van der Waals surface area contributed by atoms with E-state index in [2.05, 4.69) is 6.58 Å². The van der Waals surface area contributed by atoms with Gasteiger partial charge in [0.1, 0.15) is 12.3 Å². The Morgan fingerprint density at radius 2 is 1.84 bits per heavy atom. The summed E-state index contributed by atoms with van der Waals surface area (Å²) in [4.78, 5) is 29.8. The highest BCUT2D eigenvalue weighted by Gasteiger charge is 2.28. The second-order valence-corrected chi connectivity index (χ2v) is 8.36. The lowest BCUT2D eigenvalue weighted by Crippen LogP contribution is -2.45. The highest BCUT2D eigenvalue weighted by molar-refractivity contribution is 5.86. The van der Waals surface area contributed by atoms with Crippen LogP contribution >= 0.6 is 0 Å². The van der Waals surface area contributed by atoms with Crippen LogP contribution < -0.4 is 9.47 Å². The zero-order valence-corrected chi connectivity index (χ0v) is 18.3. The van der Waals surface area contributed by atoms with Crippen molar-refractivity contribution in [1.82, 2.24) is 9.80 Å². The second kappa shape index (κ2) is 10.4. The molecule has 2 aromatic rings. The molecule has 0 radical (unpaired) electrons. The van der Waals surface area contributed by atoms with E-state index in [4.69, 9.17) is 13.9 Å². The largest absolute Gasteiger partial charge is 0.467 e. The molecule has 1 aromatic carbocycles. The predicted molar refractivity (Wildman–Crippen MR) is 119 cm³/mol. The fourth-order valence-electron chi connectivity index (χ4n) is 4.34. The predicted octanol–water partition coefficient (Wildman–Crippen LogP) is 4.13. The van der Waals surface area contributed by atoms with Crippen LogP contribution in [0.4, 0.5) is 0 Å². The van der Waals surface area contributed by atoms with E-state index in [0.29, 0.717) is 36.9 Å². The van der Waals surface area contributed by atoms with E-state index in [1.807, 2.05) is 24.3 Å². The van der Waals surface area contributed by atoms with Gasteiger partial charge in [-0.15, -0.1) is 6.58 Å². The molecule has 2 aliphatic rings. The number of carbonyl (C=O) groups is 2. The first-order valence-electron chi connectivity index (χ1n) is 11.2. The van der Waals surface area contributed by atoms with Gasteiger partial charge in [-0.25, -0.2) is 0 Å². The molecular formula is C25H30N2O5. The second-order valence-electron chi connectivity index (χ2n) is 8.36. The molecule has 2 heterocycles. The first-order chi connectivity index (χ1) is 15.6. The molecule has 0 bridgehead atoms. The number of amides is 2. The highest BCUT2D eigenvalue weighted by atomic mass is 16.7. The van der Waals surface area contributed by atoms with Crippen LogP contribution in [-0.2, 0) is 22.7 Å². The first-order valence-corrected chi connectivity index (χ1v) is 11.2. The summed E-state index contributed by atoms with van der Waals surface area (Å²) in [7, 11) is 0. The number of carbonyl (C=O) groups excluding carboxylic acids is 2. The fourth-order valence-corrected chi connectivity index (χ4v) is 4.34. The Hall–Kier alpha value is -3.22. The number of hydrogen-bond acceptors (Lipinski definition) is 5. The third kappa shape index (κ3) is 5.33. The number of benzene rings is 1. The Labute approximate surface area is 188 Å². The summed E-state index contributed by atoms with van der Waals surface area (Å²) in [5.41, 5.74) is 0.919. The molecular weight excluding hydrogens is 408 g/mol. The minimum atomic E-state index is -0.134. The van der Waals surface area contributed by atoms with Gasteiger partial charge in [0, 0.05) is 19.0 Å².